The van der Waals surface area contributed by atoms with E-state index in [2.05, 4.69) is 35.6 Å². The van der Waals surface area contributed by atoms with Crippen LogP contribution in [0, 0.1) is 0 Å². The zero-order valence-electron chi connectivity index (χ0n) is 13.5. The van der Waals surface area contributed by atoms with Crippen molar-refractivity contribution in [2.24, 2.45) is 7.05 Å². The molecule has 0 bridgehead atoms. The molecule has 0 spiro atoms. The minimum Gasteiger partial charge on any atom is -0.365 e. The van der Waals surface area contributed by atoms with Gasteiger partial charge in [0, 0.05) is 42.2 Å². The van der Waals surface area contributed by atoms with Crippen LogP contribution in [0.1, 0.15) is 35.8 Å². The molecule has 2 heterocycles. The Kier molecular flexibility index (Phi) is 4.60. The van der Waals surface area contributed by atoms with E-state index in [1.165, 1.54) is 11.2 Å². The predicted octanol–water partition coefficient (Wildman–Crippen LogP) is 2.99. The Hall–Kier alpha value is -1.65. The monoisotopic (exact) mass is 300 g/mol. The van der Waals surface area contributed by atoms with Crippen molar-refractivity contribution < 1.29 is 9.53 Å². The van der Waals surface area contributed by atoms with Crippen molar-refractivity contribution in [2.75, 3.05) is 26.4 Å². The van der Waals surface area contributed by atoms with Gasteiger partial charge in [-0.05, 0) is 25.5 Å². The van der Waals surface area contributed by atoms with Crippen molar-refractivity contribution in [2.45, 2.75) is 26.2 Å². The Morgan fingerprint density at radius 3 is 2.73 bits per heavy atom. The van der Waals surface area contributed by atoms with E-state index < -0.39 is 0 Å². The van der Waals surface area contributed by atoms with E-state index in [1.807, 2.05) is 12.1 Å². The van der Waals surface area contributed by atoms with Gasteiger partial charge in [0.05, 0.1) is 13.3 Å². The van der Waals surface area contributed by atoms with E-state index in [1.54, 1.807) is 0 Å². The van der Waals surface area contributed by atoms with Crippen molar-refractivity contribution in [1.29, 1.82) is 0 Å². The topological polar surface area (TPSA) is 34.5 Å². The summed E-state index contributed by atoms with van der Waals surface area (Å²) in [6, 6.07) is 8.17. The highest BCUT2D eigenvalue weighted by atomic mass is 16.5. The highest BCUT2D eigenvalue weighted by molar-refractivity contribution is 6.10. The first-order chi connectivity index (χ1) is 10.7. The maximum atomic E-state index is 11.9. The van der Waals surface area contributed by atoms with Gasteiger partial charge in [-0.3, -0.25) is 9.69 Å². The van der Waals surface area contributed by atoms with E-state index in [4.69, 9.17) is 4.74 Å². The lowest BCUT2D eigenvalue weighted by Crippen LogP contribution is -2.18. The number of carbonyl (C=O) groups is 1. The Labute approximate surface area is 131 Å². The molecule has 0 amide bonds. The number of fused-ring (bicyclic) bond motifs is 3. The van der Waals surface area contributed by atoms with Crippen molar-refractivity contribution in [1.82, 2.24) is 9.47 Å². The van der Waals surface area contributed by atoms with Crippen LogP contribution in [-0.2, 0) is 18.2 Å². The molecule has 1 aliphatic heterocycles. The molecule has 0 atom stereocenters. The lowest BCUT2D eigenvalue weighted by atomic mass is 9.94. The van der Waals surface area contributed by atoms with Crippen molar-refractivity contribution in [3.05, 3.63) is 35.5 Å². The zero-order chi connectivity index (χ0) is 15.5. The largest absolute Gasteiger partial charge is 0.365 e. The third-order valence-electron chi connectivity index (χ3n) is 4.60. The van der Waals surface area contributed by atoms with Crippen LogP contribution in [0.5, 0.6) is 0 Å². The Morgan fingerprint density at radius 1 is 1.23 bits per heavy atom. The normalized spacial score (nSPS) is 18.2. The molecule has 2 aliphatic rings. The first kappa shape index (κ1) is 15.3. The summed E-state index contributed by atoms with van der Waals surface area (Å²) in [4.78, 5) is 14.2. The third kappa shape index (κ3) is 2.81. The number of carbonyl (C=O) groups excluding carboxylic acids is 1. The van der Waals surface area contributed by atoms with E-state index >= 15 is 0 Å². The number of para-hydroxylation sites is 1. The number of rotatable bonds is 1. The molecule has 118 valence electrons. The molecule has 0 radical (unpaired) electrons. The average molecular weight is 300 g/mol. The van der Waals surface area contributed by atoms with E-state index in [-0.39, 0.29) is 0 Å². The molecule has 0 N–H and O–H groups in total. The second-order valence-electron chi connectivity index (χ2n) is 5.92. The minimum atomic E-state index is 0.313. The second-order valence-corrected chi connectivity index (χ2v) is 5.92. The molecule has 1 fully saturated rings. The molecule has 1 aromatic heterocycles. The predicted molar refractivity (Wildman–Crippen MR) is 88.3 cm³/mol. The van der Waals surface area contributed by atoms with Gasteiger partial charge in [0.2, 0.25) is 0 Å². The maximum Gasteiger partial charge on any atom is 0.165 e. The molecule has 1 aliphatic carbocycles. The number of aryl methyl sites for hydroxylation is 1. The van der Waals surface area contributed by atoms with E-state index in [0.717, 1.165) is 50.2 Å². The Balaban J connectivity index is 0.000000174. The average Bonchev–Trinajstić information content (AvgIpc) is 3.17. The number of benzene rings is 1. The van der Waals surface area contributed by atoms with Crippen LogP contribution in [-0.4, -0.2) is 41.7 Å². The lowest BCUT2D eigenvalue weighted by Gasteiger charge is -2.11. The van der Waals surface area contributed by atoms with Gasteiger partial charge < -0.3 is 9.30 Å². The summed E-state index contributed by atoms with van der Waals surface area (Å²) in [6.07, 6.45) is 2.74. The quantitative estimate of drug-likeness (QED) is 0.812. The number of likely N-dealkylation sites (N-methyl/N-ethyl adjacent to an activating group) is 1. The summed E-state index contributed by atoms with van der Waals surface area (Å²) in [5.74, 6) is 0.313. The number of hydrogen-bond donors (Lipinski definition) is 0. The molecule has 4 nitrogen and oxygen atoms in total. The van der Waals surface area contributed by atoms with Crippen LogP contribution in [0.25, 0.3) is 10.9 Å². The fourth-order valence-corrected chi connectivity index (χ4v) is 3.29. The molecule has 22 heavy (non-hydrogen) atoms. The summed E-state index contributed by atoms with van der Waals surface area (Å²) in [6.45, 7) is 6.16. The number of nitrogens with zero attached hydrogens (tertiary/aromatic N) is 2. The molecule has 2 aromatic rings. The molecular formula is C18H24N2O2. The summed E-state index contributed by atoms with van der Waals surface area (Å²) in [5, 5.41) is 1.12. The minimum absolute atomic E-state index is 0.313. The second kappa shape index (κ2) is 6.63. The summed E-state index contributed by atoms with van der Waals surface area (Å²) < 4.78 is 7.24. The van der Waals surface area contributed by atoms with Crippen LogP contribution in [0.15, 0.2) is 24.3 Å². The molecule has 0 unspecified atom stereocenters. The molecule has 1 aromatic carbocycles. The smallest absolute Gasteiger partial charge is 0.165 e. The van der Waals surface area contributed by atoms with Gasteiger partial charge in [-0.25, -0.2) is 0 Å². The van der Waals surface area contributed by atoms with Gasteiger partial charge in [0.1, 0.15) is 0 Å². The molecule has 0 saturated carbocycles. The molecular weight excluding hydrogens is 276 g/mol. The van der Waals surface area contributed by atoms with Gasteiger partial charge >= 0.3 is 0 Å². The number of ether oxygens (including phenoxy) is 1. The third-order valence-corrected chi connectivity index (χ3v) is 4.60. The number of aromatic nitrogens is 1. The van der Waals surface area contributed by atoms with E-state index in [0.29, 0.717) is 12.2 Å². The molecule has 4 rings (SSSR count). The Bertz CT molecular complexity index is 669. The summed E-state index contributed by atoms with van der Waals surface area (Å²) >= 11 is 0. The Morgan fingerprint density at radius 2 is 2.05 bits per heavy atom. The highest BCUT2D eigenvalue weighted by Crippen LogP contribution is 2.30. The lowest BCUT2D eigenvalue weighted by molar-refractivity contribution is 0.0973. The van der Waals surface area contributed by atoms with Crippen LogP contribution in [0.3, 0.4) is 0 Å². The highest BCUT2D eigenvalue weighted by Gasteiger charge is 2.23. The van der Waals surface area contributed by atoms with Crippen LogP contribution in [0.4, 0.5) is 0 Å². The van der Waals surface area contributed by atoms with Gasteiger partial charge in [0.25, 0.3) is 0 Å². The van der Waals surface area contributed by atoms with Crippen molar-refractivity contribution >= 4 is 16.7 Å². The van der Waals surface area contributed by atoms with Crippen molar-refractivity contribution in [3.63, 3.8) is 0 Å². The first-order valence-corrected chi connectivity index (χ1v) is 8.12. The van der Waals surface area contributed by atoms with Crippen LogP contribution < -0.4 is 0 Å². The summed E-state index contributed by atoms with van der Waals surface area (Å²) in [7, 11) is 2.06. The van der Waals surface area contributed by atoms with Gasteiger partial charge in [-0.2, -0.15) is 0 Å². The maximum absolute atomic E-state index is 11.9. The number of hydrogen-bond acceptors (Lipinski definition) is 3. The fraction of sp³-hybridized carbons (Fsp3) is 0.500. The zero-order valence-corrected chi connectivity index (χ0v) is 13.5. The number of ketones is 1. The van der Waals surface area contributed by atoms with E-state index in [9.17, 15) is 4.79 Å². The van der Waals surface area contributed by atoms with Crippen molar-refractivity contribution in [3.8, 4) is 0 Å². The van der Waals surface area contributed by atoms with Gasteiger partial charge in [-0.1, -0.05) is 25.1 Å². The van der Waals surface area contributed by atoms with Gasteiger partial charge in [-0.15, -0.1) is 0 Å². The number of Topliss-reactive ketones (excluding diaryl/α,β-unsaturated/α-hetero) is 1. The van der Waals surface area contributed by atoms with Crippen LogP contribution >= 0.6 is 0 Å². The van der Waals surface area contributed by atoms with Crippen LogP contribution in [0.2, 0.25) is 0 Å². The summed E-state index contributed by atoms with van der Waals surface area (Å²) in [5.41, 5.74) is 3.37. The fourth-order valence-electron chi connectivity index (χ4n) is 3.29. The SMILES string of the molecule is CCN1CCOC1.Cn1c2c(c3ccccc31)C(=O)CCC2. The molecule has 1 saturated heterocycles. The van der Waals surface area contributed by atoms with Gasteiger partial charge in [0.15, 0.2) is 5.78 Å². The molecule has 4 heteroatoms. The first-order valence-electron chi connectivity index (χ1n) is 8.12. The standard InChI is InChI=1S/C13H13NO.C5H11NO/c1-14-10-6-3-2-5-9(10)13-11(14)7-4-8-12(13)15;1-2-6-3-4-7-5-6/h2-3,5-6H,4,7-8H2,1H3;2-5H2,1H3.